The van der Waals surface area contributed by atoms with Crippen LogP contribution in [0.2, 0.25) is 0 Å². The van der Waals surface area contributed by atoms with Crippen molar-refractivity contribution in [1.29, 1.82) is 0 Å². The van der Waals surface area contributed by atoms with Crippen LogP contribution in [0.3, 0.4) is 0 Å². The van der Waals surface area contributed by atoms with E-state index in [1.807, 2.05) is 11.8 Å². The molecule has 0 aromatic heterocycles. The summed E-state index contributed by atoms with van der Waals surface area (Å²) in [6.45, 7) is 4.27. The predicted octanol–water partition coefficient (Wildman–Crippen LogP) is 2.08. The Morgan fingerprint density at radius 1 is 1.40 bits per heavy atom. The molecule has 0 aliphatic heterocycles. The molecular formula is C15H19NO4. The smallest absolute Gasteiger partial charge is 0.336 e. The van der Waals surface area contributed by atoms with Gasteiger partial charge in [0.25, 0.3) is 5.91 Å². The van der Waals surface area contributed by atoms with Crippen molar-refractivity contribution < 1.29 is 19.4 Å². The van der Waals surface area contributed by atoms with Crippen LogP contribution in [0, 0.1) is 6.92 Å². The van der Waals surface area contributed by atoms with Crippen LogP contribution in [0.4, 0.5) is 0 Å². The van der Waals surface area contributed by atoms with Gasteiger partial charge in [0.15, 0.2) is 6.61 Å². The van der Waals surface area contributed by atoms with E-state index in [2.05, 4.69) is 0 Å². The lowest BCUT2D eigenvalue weighted by Gasteiger charge is -2.20. The van der Waals surface area contributed by atoms with Gasteiger partial charge in [0, 0.05) is 18.2 Å². The van der Waals surface area contributed by atoms with Crippen molar-refractivity contribution in [2.75, 3.05) is 13.2 Å². The minimum Gasteiger partial charge on any atom is -0.483 e. The molecule has 2 rings (SSSR count). The Kier molecular flexibility index (Phi) is 4.27. The van der Waals surface area contributed by atoms with Crippen molar-refractivity contribution >= 4 is 11.9 Å². The summed E-state index contributed by atoms with van der Waals surface area (Å²) >= 11 is 0. The number of carbonyl (C=O) groups is 2. The molecule has 0 saturated heterocycles. The monoisotopic (exact) mass is 277 g/mol. The molecule has 1 aliphatic rings. The van der Waals surface area contributed by atoms with Crippen molar-refractivity contribution in [3.8, 4) is 5.75 Å². The number of carboxylic acid groups (broad SMARTS) is 1. The van der Waals surface area contributed by atoms with Crippen LogP contribution in [-0.2, 0) is 4.79 Å². The van der Waals surface area contributed by atoms with Crippen molar-refractivity contribution in [2.24, 2.45) is 0 Å². The van der Waals surface area contributed by atoms with E-state index in [1.54, 1.807) is 19.1 Å². The average Bonchev–Trinajstić information content (AvgIpc) is 3.22. The molecule has 0 unspecified atom stereocenters. The summed E-state index contributed by atoms with van der Waals surface area (Å²) in [5.41, 5.74) is 0.742. The van der Waals surface area contributed by atoms with E-state index in [0.717, 1.165) is 12.8 Å². The summed E-state index contributed by atoms with van der Waals surface area (Å²) < 4.78 is 5.50. The van der Waals surface area contributed by atoms with Gasteiger partial charge in [0.1, 0.15) is 5.75 Å². The second-order valence-electron chi connectivity index (χ2n) is 4.93. The number of benzene rings is 1. The molecule has 108 valence electrons. The molecule has 0 heterocycles. The first-order valence-electron chi connectivity index (χ1n) is 6.79. The summed E-state index contributed by atoms with van der Waals surface area (Å²) in [6.07, 6.45) is 2.13. The molecular weight excluding hydrogens is 258 g/mol. The lowest BCUT2D eigenvalue weighted by molar-refractivity contribution is -0.133. The Balaban J connectivity index is 2.02. The molecule has 1 amide bonds. The summed E-state index contributed by atoms with van der Waals surface area (Å²) in [4.78, 5) is 24.9. The van der Waals surface area contributed by atoms with E-state index in [9.17, 15) is 9.59 Å². The van der Waals surface area contributed by atoms with E-state index in [0.29, 0.717) is 23.9 Å². The third kappa shape index (κ3) is 3.10. The largest absolute Gasteiger partial charge is 0.483 e. The number of rotatable bonds is 6. The number of carboxylic acids is 1. The van der Waals surface area contributed by atoms with Gasteiger partial charge in [-0.25, -0.2) is 4.79 Å². The van der Waals surface area contributed by atoms with Gasteiger partial charge in [-0.1, -0.05) is 6.07 Å². The highest BCUT2D eigenvalue weighted by Gasteiger charge is 2.31. The van der Waals surface area contributed by atoms with Crippen LogP contribution < -0.4 is 4.74 Å². The summed E-state index contributed by atoms with van der Waals surface area (Å²) in [7, 11) is 0. The number of amides is 1. The average molecular weight is 277 g/mol. The van der Waals surface area contributed by atoms with Crippen LogP contribution in [-0.4, -0.2) is 41.1 Å². The molecule has 5 nitrogen and oxygen atoms in total. The fourth-order valence-electron chi connectivity index (χ4n) is 2.25. The molecule has 5 heteroatoms. The number of aromatic carboxylic acids is 1. The maximum Gasteiger partial charge on any atom is 0.336 e. The lowest BCUT2D eigenvalue weighted by Crippen LogP contribution is -2.36. The molecule has 0 radical (unpaired) electrons. The second-order valence-corrected chi connectivity index (χ2v) is 4.93. The molecule has 1 aromatic rings. The zero-order valence-corrected chi connectivity index (χ0v) is 11.8. The third-order valence-electron chi connectivity index (χ3n) is 3.51. The van der Waals surface area contributed by atoms with Gasteiger partial charge in [0.05, 0.1) is 5.56 Å². The maximum absolute atomic E-state index is 12.0. The molecule has 1 aromatic carbocycles. The van der Waals surface area contributed by atoms with Gasteiger partial charge in [-0.2, -0.15) is 0 Å². The zero-order chi connectivity index (χ0) is 14.7. The fourth-order valence-corrected chi connectivity index (χ4v) is 2.25. The van der Waals surface area contributed by atoms with Gasteiger partial charge in [-0.3, -0.25) is 4.79 Å². The molecule has 20 heavy (non-hydrogen) atoms. The Labute approximate surface area is 118 Å². The van der Waals surface area contributed by atoms with Gasteiger partial charge in [0.2, 0.25) is 0 Å². The van der Waals surface area contributed by atoms with E-state index in [1.165, 1.54) is 6.07 Å². The van der Waals surface area contributed by atoms with Crippen LogP contribution in [0.25, 0.3) is 0 Å². The Morgan fingerprint density at radius 3 is 2.65 bits per heavy atom. The molecule has 1 fully saturated rings. The van der Waals surface area contributed by atoms with Crippen molar-refractivity contribution in [3.05, 3.63) is 29.3 Å². The van der Waals surface area contributed by atoms with E-state index in [4.69, 9.17) is 9.84 Å². The van der Waals surface area contributed by atoms with Gasteiger partial charge >= 0.3 is 5.97 Å². The normalized spacial score (nSPS) is 13.9. The molecule has 1 saturated carbocycles. The Morgan fingerprint density at radius 2 is 2.10 bits per heavy atom. The quantitative estimate of drug-likeness (QED) is 0.864. The van der Waals surface area contributed by atoms with E-state index < -0.39 is 5.97 Å². The van der Waals surface area contributed by atoms with Crippen molar-refractivity contribution in [3.63, 3.8) is 0 Å². The molecule has 0 spiro atoms. The highest BCUT2D eigenvalue weighted by Crippen LogP contribution is 2.27. The topological polar surface area (TPSA) is 66.8 Å². The Hall–Kier alpha value is -2.04. The zero-order valence-electron chi connectivity index (χ0n) is 11.8. The number of hydrogen-bond donors (Lipinski definition) is 1. The number of ether oxygens (including phenoxy) is 1. The first-order valence-corrected chi connectivity index (χ1v) is 6.79. The fraction of sp³-hybridized carbons (Fsp3) is 0.467. The number of carbonyl (C=O) groups excluding carboxylic acids is 1. The highest BCUT2D eigenvalue weighted by atomic mass is 16.5. The maximum atomic E-state index is 12.0. The van der Waals surface area contributed by atoms with Crippen molar-refractivity contribution in [1.82, 2.24) is 4.90 Å². The van der Waals surface area contributed by atoms with Crippen LogP contribution in [0.1, 0.15) is 35.7 Å². The summed E-state index contributed by atoms with van der Waals surface area (Å²) in [6, 6.07) is 5.19. The van der Waals surface area contributed by atoms with Crippen LogP contribution in [0.5, 0.6) is 5.75 Å². The Bertz CT molecular complexity index is 523. The van der Waals surface area contributed by atoms with Gasteiger partial charge in [-0.05, 0) is 38.8 Å². The SMILES string of the molecule is CCN(C(=O)COc1cccc(C(=O)O)c1C)C1CC1. The number of hydrogen-bond acceptors (Lipinski definition) is 3. The van der Waals surface area contributed by atoms with E-state index in [-0.39, 0.29) is 18.1 Å². The number of likely N-dealkylation sites (N-methyl/N-ethyl adjacent to an activating group) is 1. The predicted molar refractivity (Wildman–Crippen MR) is 74.0 cm³/mol. The van der Waals surface area contributed by atoms with Crippen molar-refractivity contribution in [2.45, 2.75) is 32.7 Å². The summed E-state index contributed by atoms with van der Waals surface area (Å²) in [5.74, 6) is -0.590. The minimum absolute atomic E-state index is 0.0462. The second kappa shape index (κ2) is 5.94. The van der Waals surface area contributed by atoms with Gasteiger partial charge in [-0.15, -0.1) is 0 Å². The van der Waals surface area contributed by atoms with Gasteiger partial charge < -0.3 is 14.7 Å². The highest BCUT2D eigenvalue weighted by molar-refractivity contribution is 5.90. The summed E-state index contributed by atoms with van der Waals surface area (Å²) in [5, 5.41) is 9.04. The lowest BCUT2D eigenvalue weighted by atomic mass is 10.1. The first-order chi connectivity index (χ1) is 9.54. The molecule has 0 bridgehead atoms. The van der Waals surface area contributed by atoms with E-state index >= 15 is 0 Å². The number of nitrogens with zero attached hydrogens (tertiary/aromatic N) is 1. The third-order valence-corrected chi connectivity index (χ3v) is 3.51. The van der Waals surface area contributed by atoms with Crippen LogP contribution in [0.15, 0.2) is 18.2 Å². The minimum atomic E-state index is -0.993. The first kappa shape index (κ1) is 14.4. The molecule has 1 N–H and O–H groups in total. The standard InChI is InChI=1S/C15H19NO4/c1-3-16(11-7-8-11)14(17)9-20-13-6-4-5-12(10(13)2)15(18)19/h4-6,11H,3,7-9H2,1-2H3,(H,18,19). The molecule has 1 aliphatic carbocycles. The van der Waals surface area contributed by atoms with Crippen LogP contribution >= 0.6 is 0 Å². The molecule has 0 atom stereocenters.